The van der Waals surface area contributed by atoms with E-state index < -0.39 is 11.7 Å². The molecule has 1 heterocycles. The minimum absolute atomic E-state index is 0.0656. The van der Waals surface area contributed by atoms with E-state index in [2.05, 4.69) is 4.90 Å². The van der Waals surface area contributed by atoms with E-state index in [1.165, 1.54) is 12.1 Å². The van der Waals surface area contributed by atoms with Crippen LogP contribution >= 0.6 is 0 Å². The topological polar surface area (TPSA) is 32.8 Å². The molecule has 0 N–H and O–H groups in total. The average molecular weight is 378 g/mol. The molecule has 0 unspecified atom stereocenters. The zero-order chi connectivity index (χ0) is 19.4. The number of carbonyl (C=O) groups is 1. The van der Waals surface area contributed by atoms with Gasteiger partial charge in [-0.05, 0) is 42.0 Å². The SMILES string of the molecule is COc1ccc(N2CCN(C(=O)Cc3ccc(C(F)(F)F)cc3)CC2)cc1. The minimum Gasteiger partial charge on any atom is -0.497 e. The number of piperazine rings is 1. The van der Waals surface area contributed by atoms with E-state index in [9.17, 15) is 18.0 Å². The Morgan fingerprint density at radius 2 is 1.56 bits per heavy atom. The lowest BCUT2D eigenvalue weighted by Crippen LogP contribution is -2.49. The Kier molecular flexibility index (Phi) is 5.58. The Hall–Kier alpha value is -2.70. The number of hydrogen-bond acceptors (Lipinski definition) is 3. The summed E-state index contributed by atoms with van der Waals surface area (Å²) in [6.45, 7) is 2.60. The van der Waals surface area contributed by atoms with Gasteiger partial charge in [0.25, 0.3) is 0 Å². The van der Waals surface area contributed by atoms with Crippen LogP contribution in [0.5, 0.6) is 5.75 Å². The summed E-state index contributed by atoms with van der Waals surface area (Å²) in [7, 11) is 1.62. The number of carbonyl (C=O) groups excluding carboxylic acids is 1. The van der Waals surface area contributed by atoms with Crippen molar-refractivity contribution in [2.24, 2.45) is 0 Å². The number of hydrogen-bond donors (Lipinski definition) is 0. The lowest BCUT2D eigenvalue weighted by molar-refractivity contribution is -0.137. The number of ether oxygens (including phenoxy) is 1. The van der Waals surface area contributed by atoms with Crippen molar-refractivity contribution in [1.29, 1.82) is 0 Å². The zero-order valence-electron chi connectivity index (χ0n) is 15.0. The highest BCUT2D eigenvalue weighted by Gasteiger charge is 2.30. The van der Waals surface area contributed by atoms with Gasteiger partial charge >= 0.3 is 6.18 Å². The van der Waals surface area contributed by atoms with Gasteiger partial charge < -0.3 is 14.5 Å². The predicted molar refractivity (Wildman–Crippen MR) is 96.9 cm³/mol. The molecule has 2 aromatic rings. The van der Waals surface area contributed by atoms with Crippen LogP contribution in [0.2, 0.25) is 0 Å². The van der Waals surface area contributed by atoms with Crippen LogP contribution in [0.1, 0.15) is 11.1 Å². The average Bonchev–Trinajstić information content (AvgIpc) is 2.68. The summed E-state index contributed by atoms with van der Waals surface area (Å²) >= 11 is 0. The van der Waals surface area contributed by atoms with Gasteiger partial charge in [-0.3, -0.25) is 4.79 Å². The number of alkyl halides is 3. The first-order valence-corrected chi connectivity index (χ1v) is 8.70. The van der Waals surface area contributed by atoms with E-state index in [4.69, 9.17) is 4.74 Å². The highest BCUT2D eigenvalue weighted by Crippen LogP contribution is 2.29. The summed E-state index contributed by atoms with van der Waals surface area (Å²) in [6.07, 6.45) is -4.25. The molecule has 1 aliphatic heterocycles. The van der Waals surface area contributed by atoms with Crippen LogP contribution in [0.4, 0.5) is 18.9 Å². The molecule has 144 valence electrons. The molecule has 0 aromatic heterocycles. The van der Waals surface area contributed by atoms with Crippen molar-refractivity contribution in [2.45, 2.75) is 12.6 Å². The number of anilines is 1. The molecule has 0 aliphatic carbocycles. The molecule has 1 amide bonds. The van der Waals surface area contributed by atoms with Gasteiger partial charge in [-0.25, -0.2) is 0 Å². The van der Waals surface area contributed by atoms with Crippen LogP contribution in [0.3, 0.4) is 0 Å². The highest BCUT2D eigenvalue weighted by molar-refractivity contribution is 5.79. The summed E-state index contributed by atoms with van der Waals surface area (Å²) < 4.78 is 43.0. The monoisotopic (exact) mass is 378 g/mol. The van der Waals surface area contributed by atoms with Crippen molar-refractivity contribution in [3.63, 3.8) is 0 Å². The van der Waals surface area contributed by atoms with Crippen LogP contribution in [0.25, 0.3) is 0 Å². The molecule has 1 fully saturated rings. The fourth-order valence-electron chi connectivity index (χ4n) is 3.11. The first kappa shape index (κ1) is 19.1. The lowest BCUT2D eigenvalue weighted by Gasteiger charge is -2.36. The summed E-state index contributed by atoms with van der Waals surface area (Å²) in [4.78, 5) is 16.4. The van der Waals surface area contributed by atoms with Crippen molar-refractivity contribution < 1.29 is 22.7 Å². The molecule has 1 aliphatic rings. The quantitative estimate of drug-likeness (QED) is 0.815. The van der Waals surface area contributed by atoms with Gasteiger partial charge in [-0.1, -0.05) is 12.1 Å². The largest absolute Gasteiger partial charge is 0.497 e. The Labute approximate surface area is 156 Å². The van der Waals surface area contributed by atoms with E-state index in [0.29, 0.717) is 31.7 Å². The first-order chi connectivity index (χ1) is 12.9. The molecule has 1 saturated heterocycles. The molecule has 0 spiro atoms. The van der Waals surface area contributed by atoms with Gasteiger partial charge in [-0.15, -0.1) is 0 Å². The maximum Gasteiger partial charge on any atom is 0.416 e. The standard InChI is InChI=1S/C20H21F3N2O2/c1-27-18-8-6-17(7-9-18)24-10-12-25(13-11-24)19(26)14-15-2-4-16(5-3-15)20(21,22)23/h2-9H,10-14H2,1H3. The van der Waals surface area contributed by atoms with E-state index in [-0.39, 0.29) is 12.3 Å². The van der Waals surface area contributed by atoms with Crippen molar-refractivity contribution in [2.75, 3.05) is 38.2 Å². The molecular formula is C20H21F3N2O2. The van der Waals surface area contributed by atoms with Gasteiger partial charge in [0.15, 0.2) is 0 Å². The minimum atomic E-state index is -4.36. The van der Waals surface area contributed by atoms with Gasteiger partial charge in [0.05, 0.1) is 19.1 Å². The van der Waals surface area contributed by atoms with Crippen LogP contribution in [0.15, 0.2) is 48.5 Å². The lowest BCUT2D eigenvalue weighted by atomic mass is 10.1. The van der Waals surface area contributed by atoms with E-state index in [1.54, 1.807) is 12.0 Å². The van der Waals surface area contributed by atoms with Crippen molar-refractivity contribution >= 4 is 11.6 Å². The maximum absolute atomic E-state index is 12.6. The summed E-state index contributed by atoms with van der Waals surface area (Å²) in [5.74, 6) is 0.730. The third-order valence-electron chi connectivity index (χ3n) is 4.71. The van der Waals surface area contributed by atoms with Crippen LogP contribution in [0, 0.1) is 0 Å². The first-order valence-electron chi connectivity index (χ1n) is 8.70. The summed E-state index contributed by atoms with van der Waals surface area (Å²) in [6, 6.07) is 12.5. The Morgan fingerprint density at radius 3 is 2.07 bits per heavy atom. The highest BCUT2D eigenvalue weighted by atomic mass is 19.4. The van der Waals surface area contributed by atoms with Gasteiger partial charge in [-0.2, -0.15) is 13.2 Å². The van der Waals surface area contributed by atoms with Crippen LogP contribution in [-0.4, -0.2) is 44.1 Å². The van der Waals surface area contributed by atoms with Crippen molar-refractivity contribution in [3.05, 3.63) is 59.7 Å². The zero-order valence-corrected chi connectivity index (χ0v) is 15.0. The third-order valence-corrected chi connectivity index (χ3v) is 4.71. The number of amides is 1. The molecule has 2 aromatic carbocycles. The van der Waals surface area contributed by atoms with Crippen molar-refractivity contribution in [3.8, 4) is 5.75 Å². The Balaban J connectivity index is 1.53. The number of nitrogens with zero attached hydrogens (tertiary/aromatic N) is 2. The number of rotatable bonds is 4. The number of methoxy groups -OCH3 is 1. The van der Waals surface area contributed by atoms with Crippen molar-refractivity contribution in [1.82, 2.24) is 4.90 Å². The number of benzene rings is 2. The smallest absolute Gasteiger partial charge is 0.416 e. The molecular weight excluding hydrogens is 357 g/mol. The molecule has 0 saturated carbocycles. The molecule has 7 heteroatoms. The van der Waals surface area contributed by atoms with E-state index in [1.807, 2.05) is 24.3 Å². The Morgan fingerprint density at radius 1 is 0.963 bits per heavy atom. The molecule has 27 heavy (non-hydrogen) atoms. The fraction of sp³-hybridized carbons (Fsp3) is 0.350. The second kappa shape index (κ2) is 7.90. The third kappa shape index (κ3) is 4.72. The molecule has 0 atom stereocenters. The normalized spacial score (nSPS) is 15.0. The summed E-state index contributed by atoms with van der Waals surface area (Å²) in [5, 5.41) is 0. The number of halogens is 3. The molecule has 0 radical (unpaired) electrons. The summed E-state index contributed by atoms with van der Waals surface area (Å²) in [5.41, 5.74) is 0.961. The second-order valence-corrected chi connectivity index (χ2v) is 6.44. The van der Waals surface area contributed by atoms with Crippen LogP contribution < -0.4 is 9.64 Å². The van der Waals surface area contributed by atoms with E-state index >= 15 is 0 Å². The predicted octanol–water partition coefficient (Wildman–Crippen LogP) is 3.61. The second-order valence-electron chi connectivity index (χ2n) is 6.44. The molecule has 3 rings (SSSR count). The Bertz CT molecular complexity index is 765. The van der Waals surface area contributed by atoms with Gasteiger partial charge in [0.1, 0.15) is 5.75 Å². The fourth-order valence-corrected chi connectivity index (χ4v) is 3.11. The maximum atomic E-state index is 12.6. The van der Waals surface area contributed by atoms with Gasteiger partial charge in [0, 0.05) is 31.9 Å². The molecule has 0 bridgehead atoms. The van der Waals surface area contributed by atoms with Gasteiger partial charge in [0.2, 0.25) is 5.91 Å². The molecule has 4 nitrogen and oxygen atoms in total. The van der Waals surface area contributed by atoms with Crippen LogP contribution in [-0.2, 0) is 17.4 Å². The van der Waals surface area contributed by atoms with E-state index in [0.717, 1.165) is 23.6 Å².